The number of morpholine rings is 1. The maximum atomic E-state index is 6.18. The minimum absolute atomic E-state index is 0.135. The second-order valence-corrected chi connectivity index (χ2v) is 7.17. The Labute approximate surface area is 152 Å². The van der Waals surface area contributed by atoms with E-state index in [0.29, 0.717) is 23.1 Å². The topological polar surface area (TPSA) is 47.5 Å². The molecule has 3 atom stereocenters. The predicted octanol–water partition coefficient (Wildman–Crippen LogP) is 3.25. The summed E-state index contributed by atoms with van der Waals surface area (Å²) >= 11 is 6.08. The summed E-state index contributed by atoms with van der Waals surface area (Å²) in [5, 5.41) is 0.454. The van der Waals surface area contributed by atoms with E-state index in [-0.39, 0.29) is 6.10 Å². The highest BCUT2D eigenvalue weighted by Gasteiger charge is 2.40. The third kappa shape index (κ3) is 3.64. The number of benzene rings is 1. The minimum Gasteiger partial charge on any atom is -0.474 e. The van der Waals surface area contributed by atoms with Gasteiger partial charge in [-0.25, -0.2) is 9.97 Å². The molecule has 4 rings (SSSR count). The molecule has 1 aromatic heterocycles. The van der Waals surface area contributed by atoms with Gasteiger partial charge < -0.3 is 9.47 Å². The van der Waals surface area contributed by atoms with E-state index in [1.54, 1.807) is 0 Å². The molecule has 2 unspecified atom stereocenters. The monoisotopic (exact) mass is 359 g/mol. The summed E-state index contributed by atoms with van der Waals surface area (Å²) in [5.74, 6) is 0.598. The summed E-state index contributed by atoms with van der Waals surface area (Å²) in [6.07, 6.45) is 3.46. The fourth-order valence-corrected chi connectivity index (χ4v) is 3.90. The number of fused-ring (bicyclic) bond motifs is 2. The Morgan fingerprint density at radius 2 is 1.88 bits per heavy atom. The van der Waals surface area contributed by atoms with Crippen LogP contribution in [0.5, 0.6) is 5.88 Å². The first kappa shape index (κ1) is 16.8. The van der Waals surface area contributed by atoms with Crippen molar-refractivity contribution >= 4 is 11.6 Å². The van der Waals surface area contributed by atoms with Gasteiger partial charge in [0.25, 0.3) is 0 Å². The number of rotatable bonds is 4. The molecule has 0 N–H and O–H groups in total. The number of piperidine rings is 1. The van der Waals surface area contributed by atoms with Gasteiger partial charge in [-0.15, -0.1) is 0 Å². The second kappa shape index (κ2) is 7.28. The van der Waals surface area contributed by atoms with Gasteiger partial charge in [-0.1, -0.05) is 41.9 Å². The van der Waals surface area contributed by atoms with Crippen LogP contribution in [0.3, 0.4) is 0 Å². The van der Waals surface area contributed by atoms with Crippen molar-refractivity contribution in [1.82, 2.24) is 14.9 Å². The second-order valence-electron chi connectivity index (χ2n) is 6.81. The van der Waals surface area contributed by atoms with Gasteiger partial charge >= 0.3 is 0 Å². The first-order valence-corrected chi connectivity index (χ1v) is 9.09. The lowest BCUT2D eigenvalue weighted by Gasteiger charge is -2.48. The maximum Gasteiger partial charge on any atom is 0.221 e. The molecule has 2 fully saturated rings. The summed E-state index contributed by atoms with van der Waals surface area (Å²) in [7, 11) is 0. The zero-order chi connectivity index (χ0) is 17.2. The van der Waals surface area contributed by atoms with Gasteiger partial charge in [0.05, 0.1) is 13.2 Å². The number of aromatic nitrogens is 2. The van der Waals surface area contributed by atoms with Crippen molar-refractivity contribution in [1.29, 1.82) is 0 Å². The molecule has 0 aliphatic carbocycles. The summed E-state index contributed by atoms with van der Waals surface area (Å²) < 4.78 is 12.0. The zero-order valence-corrected chi connectivity index (χ0v) is 15.0. The number of hydrogen-bond acceptors (Lipinski definition) is 5. The lowest BCUT2D eigenvalue weighted by Crippen LogP contribution is -2.58. The summed E-state index contributed by atoms with van der Waals surface area (Å²) in [4.78, 5) is 10.8. The molecule has 0 spiro atoms. The molecule has 0 radical (unpaired) electrons. The standard InChI is InChI=1S/C19H22ClN3O2/c1-13-18(20)21-12-22-19(13)25-17-7-15-10-24-11-16(8-17)23(15)9-14-5-3-2-4-6-14/h2-6,12,15-17H,7-11H2,1H3/t15-,16?,17?/m1/s1. The van der Waals surface area contributed by atoms with Crippen LogP contribution in [0.15, 0.2) is 36.7 Å². The summed E-state index contributed by atoms with van der Waals surface area (Å²) in [6, 6.07) is 11.4. The smallest absolute Gasteiger partial charge is 0.221 e. The van der Waals surface area contributed by atoms with Crippen molar-refractivity contribution < 1.29 is 9.47 Å². The molecule has 2 aliphatic heterocycles. The molecule has 3 heterocycles. The summed E-state index contributed by atoms with van der Waals surface area (Å²) in [5.41, 5.74) is 2.15. The molecular weight excluding hydrogens is 338 g/mol. The molecule has 1 aromatic carbocycles. The Bertz CT molecular complexity index is 714. The van der Waals surface area contributed by atoms with Crippen LogP contribution < -0.4 is 4.74 Å². The van der Waals surface area contributed by atoms with E-state index < -0.39 is 0 Å². The quantitative estimate of drug-likeness (QED) is 0.784. The number of nitrogens with zero attached hydrogens (tertiary/aromatic N) is 3. The minimum atomic E-state index is 0.135. The molecule has 6 heteroatoms. The van der Waals surface area contributed by atoms with Gasteiger partial charge in [0, 0.05) is 37.0 Å². The van der Waals surface area contributed by atoms with Crippen LogP contribution >= 0.6 is 11.6 Å². The molecule has 2 aromatic rings. The van der Waals surface area contributed by atoms with Crippen molar-refractivity contribution in [3.8, 4) is 5.88 Å². The van der Waals surface area contributed by atoms with Gasteiger partial charge in [0.2, 0.25) is 5.88 Å². The maximum absolute atomic E-state index is 6.18. The Hall–Kier alpha value is -1.69. The van der Waals surface area contributed by atoms with E-state index in [2.05, 4.69) is 45.2 Å². The van der Waals surface area contributed by atoms with Crippen molar-refractivity contribution in [2.24, 2.45) is 0 Å². The highest BCUT2D eigenvalue weighted by Crippen LogP contribution is 2.32. The third-order valence-electron chi connectivity index (χ3n) is 5.09. The SMILES string of the molecule is Cc1c(Cl)ncnc1OC1CC2COC[C@@H](C1)N2Cc1ccccc1. The number of halogens is 1. The van der Waals surface area contributed by atoms with E-state index >= 15 is 0 Å². The fraction of sp³-hybridized carbons (Fsp3) is 0.474. The lowest BCUT2D eigenvalue weighted by molar-refractivity contribution is -0.104. The van der Waals surface area contributed by atoms with Crippen LogP contribution in [0.4, 0.5) is 0 Å². The van der Waals surface area contributed by atoms with E-state index in [4.69, 9.17) is 21.1 Å². The van der Waals surface area contributed by atoms with Crippen LogP contribution in [0.2, 0.25) is 5.15 Å². The van der Waals surface area contributed by atoms with Crippen LogP contribution in [-0.2, 0) is 11.3 Å². The molecular formula is C19H22ClN3O2. The first-order valence-electron chi connectivity index (χ1n) is 8.72. The van der Waals surface area contributed by atoms with Crippen molar-refractivity contribution in [2.45, 2.75) is 44.5 Å². The molecule has 0 saturated carbocycles. The van der Waals surface area contributed by atoms with Crippen molar-refractivity contribution in [2.75, 3.05) is 13.2 Å². The van der Waals surface area contributed by atoms with Crippen LogP contribution in [0.25, 0.3) is 0 Å². The van der Waals surface area contributed by atoms with Crippen LogP contribution in [-0.4, -0.2) is 46.3 Å². The van der Waals surface area contributed by atoms with E-state index in [0.717, 1.165) is 38.2 Å². The van der Waals surface area contributed by atoms with E-state index in [9.17, 15) is 0 Å². The Balaban J connectivity index is 1.46. The van der Waals surface area contributed by atoms with E-state index in [1.807, 2.05) is 6.92 Å². The largest absolute Gasteiger partial charge is 0.474 e. The van der Waals surface area contributed by atoms with Crippen molar-refractivity contribution in [3.05, 3.63) is 52.9 Å². The first-order chi connectivity index (χ1) is 12.2. The molecule has 2 saturated heterocycles. The average molecular weight is 360 g/mol. The lowest BCUT2D eigenvalue weighted by atomic mass is 9.91. The van der Waals surface area contributed by atoms with Gasteiger partial charge in [-0.3, -0.25) is 4.90 Å². The van der Waals surface area contributed by atoms with Crippen LogP contribution in [0, 0.1) is 6.92 Å². The zero-order valence-electron chi connectivity index (χ0n) is 14.3. The molecule has 5 nitrogen and oxygen atoms in total. The van der Waals surface area contributed by atoms with Gasteiger partial charge in [-0.2, -0.15) is 0 Å². The summed E-state index contributed by atoms with van der Waals surface area (Å²) in [6.45, 7) is 4.37. The van der Waals surface area contributed by atoms with Crippen molar-refractivity contribution in [3.63, 3.8) is 0 Å². The molecule has 2 aliphatic rings. The van der Waals surface area contributed by atoms with Gasteiger partial charge in [0.15, 0.2) is 0 Å². The van der Waals surface area contributed by atoms with Gasteiger partial charge in [-0.05, 0) is 12.5 Å². The number of hydrogen-bond donors (Lipinski definition) is 0. The Morgan fingerprint density at radius 1 is 1.16 bits per heavy atom. The predicted molar refractivity (Wildman–Crippen MR) is 95.8 cm³/mol. The molecule has 2 bridgehead atoms. The number of ether oxygens (including phenoxy) is 2. The third-order valence-corrected chi connectivity index (χ3v) is 5.47. The van der Waals surface area contributed by atoms with Gasteiger partial charge in [0.1, 0.15) is 17.6 Å². The average Bonchev–Trinajstić information content (AvgIpc) is 2.60. The molecule has 0 amide bonds. The highest BCUT2D eigenvalue weighted by atomic mass is 35.5. The van der Waals surface area contributed by atoms with E-state index in [1.165, 1.54) is 11.9 Å². The molecule has 132 valence electrons. The Morgan fingerprint density at radius 3 is 2.60 bits per heavy atom. The Kier molecular flexibility index (Phi) is 4.88. The fourth-order valence-electron chi connectivity index (χ4n) is 3.78. The molecule has 25 heavy (non-hydrogen) atoms. The highest BCUT2D eigenvalue weighted by molar-refractivity contribution is 6.30. The van der Waals surface area contributed by atoms with Crippen LogP contribution in [0.1, 0.15) is 24.0 Å². The normalized spacial score (nSPS) is 26.4.